The van der Waals surface area contributed by atoms with Gasteiger partial charge in [0, 0.05) is 44.2 Å². The van der Waals surface area contributed by atoms with Gasteiger partial charge < -0.3 is 10.0 Å². The molecule has 4 rings (SSSR count). The smallest absolute Gasteiger partial charge is 0.407 e. The molecule has 0 radical (unpaired) electrons. The molecule has 0 aliphatic carbocycles. The zero-order chi connectivity index (χ0) is 17.6. The van der Waals surface area contributed by atoms with Crippen molar-refractivity contribution in [3.63, 3.8) is 0 Å². The predicted molar refractivity (Wildman–Crippen MR) is 91.6 cm³/mol. The summed E-state index contributed by atoms with van der Waals surface area (Å²) in [5.74, 6) is 0.584. The van der Waals surface area contributed by atoms with Crippen molar-refractivity contribution in [3.8, 4) is 11.3 Å². The Morgan fingerprint density at radius 3 is 2.44 bits per heavy atom. The molecule has 0 unspecified atom stereocenters. The normalized spacial score (nSPS) is 22.3. The van der Waals surface area contributed by atoms with Crippen molar-refractivity contribution < 1.29 is 9.90 Å². The van der Waals surface area contributed by atoms with Gasteiger partial charge in [-0.3, -0.25) is 19.2 Å². The number of piperazine rings is 1. The van der Waals surface area contributed by atoms with Gasteiger partial charge in [0.15, 0.2) is 0 Å². The van der Waals surface area contributed by atoms with Crippen LogP contribution in [0.1, 0.15) is 12.8 Å². The standard InChI is InChI=1S/C17H19N5O3/c1-20-15(23)8-14(11-4-6-18-7-5-11)19-16(20)21-9-12-2-3-13(10-21)22(12)17(24)25/h4-8,12-13H,2-3,9-10H2,1H3,(H,24,25)/t12-,13+. The van der Waals surface area contributed by atoms with E-state index < -0.39 is 6.09 Å². The topological polar surface area (TPSA) is 91.6 Å². The molecule has 0 aromatic carbocycles. The maximum absolute atomic E-state index is 12.4. The van der Waals surface area contributed by atoms with Gasteiger partial charge in [-0.25, -0.2) is 9.78 Å². The lowest BCUT2D eigenvalue weighted by atomic mass is 10.2. The second-order valence-corrected chi connectivity index (χ2v) is 6.55. The van der Waals surface area contributed by atoms with E-state index in [9.17, 15) is 14.7 Å². The predicted octanol–water partition coefficient (Wildman–Crippen LogP) is 1.17. The number of rotatable bonds is 2. The molecule has 2 bridgehead atoms. The monoisotopic (exact) mass is 341 g/mol. The molecular formula is C17H19N5O3. The van der Waals surface area contributed by atoms with Gasteiger partial charge in [0.05, 0.1) is 17.8 Å². The molecule has 4 heterocycles. The van der Waals surface area contributed by atoms with Crippen molar-refractivity contribution in [1.82, 2.24) is 19.4 Å². The van der Waals surface area contributed by atoms with Crippen molar-refractivity contribution in [1.29, 1.82) is 0 Å². The van der Waals surface area contributed by atoms with E-state index in [1.807, 2.05) is 17.0 Å². The van der Waals surface area contributed by atoms with E-state index in [4.69, 9.17) is 0 Å². The average molecular weight is 341 g/mol. The van der Waals surface area contributed by atoms with E-state index in [-0.39, 0.29) is 17.6 Å². The van der Waals surface area contributed by atoms with Crippen LogP contribution in [0.2, 0.25) is 0 Å². The Bertz CT molecular complexity index is 852. The number of anilines is 1. The Morgan fingerprint density at radius 2 is 1.84 bits per heavy atom. The fraction of sp³-hybridized carbons (Fsp3) is 0.412. The minimum absolute atomic E-state index is 0.0438. The third kappa shape index (κ3) is 2.63. The number of hydrogen-bond acceptors (Lipinski definition) is 5. The number of aromatic nitrogens is 3. The Morgan fingerprint density at radius 1 is 1.20 bits per heavy atom. The Balaban J connectivity index is 1.71. The molecule has 8 heteroatoms. The second-order valence-electron chi connectivity index (χ2n) is 6.55. The fourth-order valence-electron chi connectivity index (χ4n) is 3.86. The number of carboxylic acid groups (broad SMARTS) is 1. The Labute approximate surface area is 144 Å². The van der Waals surface area contributed by atoms with Crippen molar-refractivity contribution in [3.05, 3.63) is 40.9 Å². The summed E-state index contributed by atoms with van der Waals surface area (Å²) in [5.41, 5.74) is 1.31. The quantitative estimate of drug-likeness (QED) is 0.882. The molecule has 25 heavy (non-hydrogen) atoms. The molecule has 2 atom stereocenters. The zero-order valence-electron chi connectivity index (χ0n) is 13.9. The van der Waals surface area contributed by atoms with Crippen LogP contribution in [-0.2, 0) is 7.05 Å². The third-order valence-corrected chi connectivity index (χ3v) is 5.07. The minimum Gasteiger partial charge on any atom is -0.465 e. The van der Waals surface area contributed by atoms with E-state index in [2.05, 4.69) is 9.97 Å². The van der Waals surface area contributed by atoms with Crippen LogP contribution < -0.4 is 10.5 Å². The van der Waals surface area contributed by atoms with Crippen LogP contribution in [0.5, 0.6) is 0 Å². The highest BCUT2D eigenvalue weighted by atomic mass is 16.4. The first kappa shape index (κ1) is 15.6. The fourth-order valence-corrected chi connectivity index (χ4v) is 3.86. The summed E-state index contributed by atoms with van der Waals surface area (Å²) < 4.78 is 1.53. The van der Waals surface area contributed by atoms with Crippen LogP contribution in [0.25, 0.3) is 11.3 Å². The highest BCUT2D eigenvalue weighted by Crippen LogP contribution is 2.32. The molecule has 130 valence electrons. The molecule has 2 aliphatic rings. The SMILES string of the molecule is Cn1c(N2C[C@H]3CC[C@@H](C2)N3C(=O)O)nc(-c2ccncc2)cc1=O. The lowest BCUT2D eigenvalue weighted by Crippen LogP contribution is -2.56. The third-order valence-electron chi connectivity index (χ3n) is 5.07. The number of hydrogen-bond donors (Lipinski definition) is 1. The highest BCUT2D eigenvalue weighted by Gasteiger charge is 2.43. The summed E-state index contributed by atoms with van der Waals surface area (Å²) in [4.78, 5) is 36.1. The van der Waals surface area contributed by atoms with Crippen LogP contribution in [-0.4, -0.2) is 55.8 Å². The summed E-state index contributed by atoms with van der Waals surface area (Å²) in [7, 11) is 1.70. The van der Waals surface area contributed by atoms with E-state index in [1.165, 1.54) is 10.6 Å². The van der Waals surface area contributed by atoms with E-state index in [1.54, 1.807) is 24.3 Å². The molecule has 2 aromatic rings. The van der Waals surface area contributed by atoms with Crippen LogP contribution >= 0.6 is 0 Å². The molecule has 2 aromatic heterocycles. The first-order valence-electron chi connectivity index (χ1n) is 8.29. The van der Waals surface area contributed by atoms with E-state index in [0.29, 0.717) is 24.7 Å². The molecular weight excluding hydrogens is 322 g/mol. The van der Waals surface area contributed by atoms with Crippen LogP contribution in [0.15, 0.2) is 35.4 Å². The molecule has 2 fully saturated rings. The molecule has 2 saturated heterocycles. The summed E-state index contributed by atoms with van der Waals surface area (Å²) in [6.45, 7) is 1.12. The van der Waals surface area contributed by atoms with Gasteiger partial charge in [-0.05, 0) is 25.0 Å². The first-order chi connectivity index (χ1) is 12.0. The maximum atomic E-state index is 12.4. The largest absolute Gasteiger partial charge is 0.465 e. The lowest BCUT2D eigenvalue weighted by molar-refractivity contribution is 0.114. The average Bonchev–Trinajstić information content (AvgIpc) is 2.89. The highest BCUT2D eigenvalue weighted by molar-refractivity contribution is 5.67. The molecule has 1 amide bonds. The van der Waals surface area contributed by atoms with Gasteiger partial charge in [-0.1, -0.05) is 0 Å². The van der Waals surface area contributed by atoms with E-state index in [0.717, 1.165) is 18.4 Å². The van der Waals surface area contributed by atoms with Gasteiger partial charge in [0.2, 0.25) is 5.95 Å². The van der Waals surface area contributed by atoms with Gasteiger partial charge in [-0.2, -0.15) is 0 Å². The maximum Gasteiger partial charge on any atom is 0.407 e. The molecule has 8 nitrogen and oxygen atoms in total. The second kappa shape index (κ2) is 5.87. The molecule has 0 saturated carbocycles. The first-order valence-corrected chi connectivity index (χ1v) is 8.29. The Kier molecular flexibility index (Phi) is 3.67. The van der Waals surface area contributed by atoms with Gasteiger partial charge in [-0.15, -0.1) is 0 Å². The Hall–Kier alpha value is -2.90. The number of nitrogens with zero attached hydrogens (tertiary/aromatic N) is 5. The van der Waals surface area contributed by atoms with Crippen molar-refractivity contribution >= 4 is 12.0 Å². The van der Waals surface area contributed by atoms with Gasteiger partial charge in [0.1, 0.15) is 0 Å². The van der Waals surface area contributed by atoms with Crippen LogP contribution in [0.4, 0.5) is 10.7 Å². The summed E-state index contributed by atoms with van der Waals surface area (Å²) >= 11 is 0. The molecule has 0 spiro atoms. The van der Waals surface area contributed by atoms with Crippen molar-refractivity contribution in [2.24, 2.45) is 7.05 Å². The number of pyridine rings is 1. The minimum atomic E-state index is -0.862. The van der Waals surface area contributed by atoms with Crippen LogP contribution in [0, 0.1) is 0 Å². The number of fused-ring (bicyclic) bond motifs is 2. The van der Waals surface area contributed by atoms with Crippen LogP contribution in [0.3, 0.4) is 0 Å². The lowest BCUT2D eigenvalue weighted by Gasteiger charge is -2.40. The summed E-state index contributed by atoms with van der Waals surface area (Å²) in [6.07, 6.45) is 4.18. The van der Waals surface area contributed by atoms with Gasteiger partial charge >= 0.3 is 6.09 Å². The number of carbonyl (C=O) groups is 1. The zero-order valence-corrected chi connectivity index (χ0v) is 13.9. The van der Waals surface area contributed by atoms with Crippen molar-refractivity contribution in [2.45, 2.75) is 24.9 Å². The molecule has 2 aliphatic heterocycles. The van der Waals surface area contributed by atoms with Gasteiger partial charge in [0.25, 0.3) is 5.56 Å². The number of amides is 1. The van der Waals surface area contributed by atoms with E-state index >= 15 is 0 Å². The summed E-state index contributed by atoms with van der Waals surface area (Å²) in [6, 6.07) is 5.06. The summed E-state index contributed by atoms with van der Waals surface area (Å²) in [5, 5.41) is 9.40. The van der Waals surface area contributed by atoms with Crippen molar-refractivity contribution in [2.75, 3.05) is 18.0 Å². The molecule has 1 N–H and O–H groups in total.